The lowest BCUT2D eigenvalue weighted by molar-refractivity contribution is -0.118. The maximum Gasteiger partial charge on any atom is 0.263 e. The zero-order valence-corrected chi connectivity index (χ0v) is 20.0. The molecule has 0 saturated heterocycles. The Kier molecular flexibility index (Phi) is 7.46. The number of methoxy groups -OCH3 is 1. The molecule has 162 valence electrons. The minimum absolute atomic E-state index is 0.00174. The van der Waals surface area contributed by atoms with Gasteiger partial charge in [-0.3, -0.25) is 9.52 Å². The van der Waals surface area contributed by atoms with Crippen LogP contribution in [0.1, 0.15) is 0 Å². The highest BCUT2D eigenvalue weighted by atomic mass is 79.9. The quantitative estimate of drug-likeness (QED) is 0.421. The third kappa shape index (κ3) is 6.39. The molecule has 0 aliphatic rings. The fraction of sp³-hybridized carbons (Fsp3) is 0.105. The molecule has 0 spiro atoms. The number of rotatable bonds is 8. The molecule has 1 amide bonds. The predicted molar refractivity (Wildman–Crippen MR) is 122 cm³/mol. The molecular weight excluding hydrogens is 556 g/mol. The minimum Gasteiger partial charge on any atom is -0.483 e. The number of halogens is 2. The SMILES string of the molecule is COc1cc(NS(=O)(=O)c2ccc(NC(=O)COc3ccc(Br)cc3Br)cc2)ncn1. The van der Waals surface area contributed by atoms with Gasteiger partial charge in [-0.15, -0.1) is 0 Å². The van der Waals surface area contributed by atoms with Gasteiger partial charge in [-0.05, 0) is 58.4 Å². The molecule has 0 aliphatic heterocycles. The van der Waals surface area contributed by atoms with Gasteiger partial charge in [0.1, 0.15) is 17.9 Å². The molecule has 9 nitrogen and oxygen atoms in total. The topological polar surface area (TPSA) is 120 Å². The van der Waals surface area contributed by atoms with Gasteiger partial charge in [0.2, 0.25) is 5.88 Å². The Morgan fingerprint density at radius 3 is 2.48 bits per heavy atom. The second-order valence-electron chi connectivity index (χ2n) is 5.99. The fourth-order valence-corrected chi connectivity index (χ4v) is 4.51. The number of carbonyl (C=O) groups is 1. The highest BCUT2D eigenvalue weighted by Gasteiger charge is 2.16. The third-order valence-corrected chi connectivity index (χ3v) is 6.27. The molecule has 3 rings (SSSR count). The normalized spacial score (nSPS) is 10.9. The second-order valence-corrected chi connectivity index (χ2v) is 9.44. The Morgan fingerprint density at radius 1 is 1.06 bits per heavy atom. The van der Waals surface area contributed by atoms with Crippen LogP contribution in [0, 0.1) is 0 Å². The van der Waals surface area contributed by atoms with Crippen molar-refractivity contribution in [2.75, 3.05) is 23.8 Å². The van der Waals surface area contributed by atoms with Gasteiger partial charge in [0, 0.05) is 16.2 Å². The van der Waals surface area contributed by atoms with Crippen molar-refractivity contribution in [3.05, 3.63) is 63.8 Å². The number of benzene rings is 2. The van der Waals surface area contributed by atoms with E-state index in [1.54, 1.807) is 18.2 Å². The first-order valence-electron chi connectivity index (χ1n) is 8.63. The summed E-state index contributed by atoms with van der Waals surface area (Å²) in [7, 11) is -2.47. The Bertz CT molecular complexity index is 1190. The summed E-state index contributed by atoms with van der Waals surface area (Å²) in [5, 5.41) is 2.65. The number of ether oxygens (including phenoxy) is 2. The lowest BCUT2D eigenvalue weighted by atomic mass is 10.3. The van der Waals surface area contributed by atoms with Crippen LogP contribution in [-0.2, 0) is 14.8 Å². The van der Waals surface area contributed by atoms with Crippen molar-refractivity contribution >= 4 is 59.3 Å². The van der Waals surface area contributed by atoms with Gasteiger partial charge in [-0.1, -0.05) is 15.9 Å². The summed E-state index contributed by atoms with van der Waals surface area (Å²) in [6.45, 7) is -0.211. The predicted octanol–water partition coefficient (Wildman–Crippen LogP) is 3.83. The lowest BCUT2D eigenvalue weighted by Gasteiger charge is -2.10. The first-order chi connectivity index (χ1) is 14.8. The number of aromatic nitrogens is 2. The van der Waals surface area contributed by atoms with E-state index < -0.39 is 15.9 Å². The summed E-state index contributed by atoms with van der Waals surface area (Å²) in [6, 6.07) is 12.4. The number of sulfonamides is 1. The minimum atomic E-state index is -3.88. The smallest absolute Gasteiger partial charge is 0.263 e. The monoisotopic (exact) mass is 570 g/mol. The van der Waals surface area contributed by atoms with Crippen molar-refractivity contribution in [3.8, 4) is 11.6 Å². The fourth-order valence-electron chi connectivity index (χ4n) is 2.35. The second kappa shape index (κ2) is 10.1. The molecular formula is C19H16Br2N4O5S. The van der Waals surface area contributed by atoms with Gasteiger partial charge < -0.3 is 14.8 Å². The molecule has 3 aromatic rings. The Hall–Kier alpha value is -2.70. The Balaban J connectivity index is 1.60. The molecule has 2 aromatic carbocycles. The first-order valence-corrected chi connectivity index (χ1v) is 11.7. The van der Waals surface area contributed by atoms with Gasteiger partial charge in [0.15, 0.2) is 6.61 Å². The van der Waals surface area contributed by atoms with Gasteiger partial charge >= 0.3 is 0 Å². The van der Waals surface area contributed by atoms with E-state index in [9.17, 15) is 13.2 Å². The lowest BCUT2D eigenvalue weighted by Crippen LogP contribution is -2.20. The largest absolute Gasteiger partial charge is 0.483 e. The number of carbonyl (C=O) groups excluding carboxylic acids is 1. The van der Waals surface area contributed by atoms with Crippen molar-refractivity contribution in [2.24, 2.45) is 0 Å². The van der Waals surface area contributed by atoms with Crippen LogP contribution in [0.2, 0.25) is 0 Å². The highest BCUT2D eigenvalue weighted by Crippen LogP contribution is 2.28. The van der Waals surface area contributed by atoms with Crippen molar-refractivity contribution in [3.63, 3.8) is 0 Å². The maximum absolute atomic E-state index is 12.5. The zero-order valence-electron chi connectivity index (χ0n) is 16.0. The van der Waals surface area contributed by atoms with E-state index in [0.717, 1.165) is 4.47 Å². The van der Waals surface area contributed by atoms with E-state index in [1.807, 2.05) is 0 Å². The van der Waals surface area contributed by atoms with E-state index in [-0.39, 0.29) is 23.2 Å². The van der Waals surface area contributed by atoms with Crippen LogP contribution in [0.5, 0.6) is 11.6 Å². The summed E-state index contributed by atoms with van der Waals surface area (Å²) in [4.78, 5) is 19.8. The van der Waals surface area contributed by atoms with Crippen molar-refractivity contribution < 1.29 is 22.7 Å². The van der Waals surface area contributed by atoms with Gasteiger partial charge in [0.25, 0.3) is 15.9 Å². The van der Waals surface area contributed by atoms with Crippen molar-refractivity contribution in [2.45, 2.75) is 4.90 Å². The molecule has 0 aliphatic carbocycles. The van der Waals surface area contributed by atoms with Gasteiger partial charge in [-0.25, -0.2) is 18.4 Å². The Morgan fingerprint density at radius 2 is 1.81 bits per heavy atom. The van der Waals surface area contributed by atoms with Crippen LogP contribution < -0.4 is 19.5 Å². The molecule has 0 saturated carbocycles. The van der Waals surface area contributed by atoms with Crippen LogP contribution in [0.3, 0.4) is 0 Å². The number of anilines is 2. The molecule has 1 aromatic heterocycles. The van der Waals surface area contributed by atoms with E-state index in [1.165, 1.54) is 43.8 Å². The highest BCUT2D eigenvalue weighted by molar-refractivity contribution is 9.11. The molecule has 0 bridgehead atoms. The van der Waals surface area contributed by atoms with E-state index >= 15 is 0 Å². The summed E-state index contributed by atoms with van der Waals surface area (Å²) < 4.78 is 39.4. The van der Waals surface area contributed by atoms with E-state index in [4.69, 9.17) is 9.47 Å². The molecule has 0 unspecified atom stereocenters. The number of nitrogens with one attached hydrogen (secondary N) is 2. The Labute approximate surface area is 195 Å². The molecule has 0 fully saturated rings. The average molecular weight is 572 g/mol. The number of hydrogen-bond acceptors (Lipinski definition) is 7. The van der Waals surface area contributed by atoms with Gasteiger partial charge in [-0.2, -0.15) is 0 Å². The van der Waals surface area contributed by atoms with Crippen LogP contribution in [0.4, 0.5) is 11.5 Å². The number of hydrogen-bond donors (Lipinski definition) is 2. The summed E-state index contributed by atoms with van der Waals surface area (Å²) in [5.74, 6) is 0.424. The van der Waals surface area contributed by atoms with Crippen LogP contribution >= 0.6 is 31.9 Å². The molecule has 0 atom stereocenters. The zero-order chi connectivity index (χ0) is 22.4. The summed E-state index contributed by atoms with van der Waals surface area (Å²) >= 11 is 6.70. The summed E-state index contributed by atoms with van der Waals surface area (Å²) in [5.41, 5.74) is 0.422. The van der Waals surface area contributed by atoms with Crippen molar-refractivity contribution in [1.82, 2.24) is 9.97 Å². The van der Waals surface area contributed by atoms with E-state index in [0.29, 0.717) is 15.9 Å². The molecule has 31 heavy (non-hydrogen) atoms. The average Bonchev–Trinajstić information content (AvgIpc) is 2.73. The summed E-state index contributed by atoms with van der Waals surface area (Å²) in [6.07, 6.45) is 1.18. The van der Waals surface area contributed by atoms with Crippen LogP contribution in [0.25, 0.3) is 0 Å². The van der Waals surface area contributed by atoms with Crippen molar-refractivity contribution in [1.29, 1.82) is 0 Å². The van der Waals surface area contributed by atoms with Gasteiger partial charge in [0.05, 0.1) is 16.5 Å². The van der Waals surface area contributed by atoms with Crippen LogP contribution in [0.15, 0.2) is 68.7 Å². The first kappa shape index (κ1) is 23.0. The molecule has 2 N–H and O–H groups in total. The molecule has 1 heterocycles. The molecule has 12 heteroatoms. The third-order valence-electron chi connectivity index (χ3n) is 3.79. The molecule has 0 radical (unpaired) electrons. The van der Waals surface area contributed by atoms with Crippen LogP contribution in [-0.4, -0.2) is 38.0 Å². The number of nitrogens with zero attached hydrogens (tertiary/aromatic N) is 2. The van der Waals surface area contributed by atoms with E-state index in [2.05, 4.69) is 51.9 Å². The maximum atomic E-state index is 12.5. The number of amides is 1. The standard InChI is InChI=1S/C19H16Br2N4O5S/c1-29-19-9-17(22-11-23-19)25-31(27,28)14-5-3-13(4-6-14)24-18(26)10-30-16-7-2-12(20)8-15(16)21/h2-9,11H,10H2,1H3,(H,24,26)(H,22,23,25).